The fourth-order valence-corrected chi connectivity index (χ4v) is 3.95. The predicted octanol–water partition coefficient (Wildman–Crippen LogP) is 4.37. The summed E-state index contributed by atoms with van der Waals surface area (Å²) in [5, 5.41) is 23.6. The summed E-state index contributed by atoms with van der Waals surface area (Å²) in [6, 6.07) is 11.7. The molecule has 0 fully saturated rings. The topological polar surface area (TPSA) is 112 Å². The Hall–Kier alpha value is -3.98. The third kappa shape index (κ3) is 4.68. The number of nitrogens with one attached hydrogen (secondary N) is 2. The van der Waals surface area contributed by atoms with Crippen molar-refractivity contribution in [1.29, 1.82) is 5.41 Å². The van der Waals surface area contributed by atoms with Crippen LogP contribution in [-0.2, 0) is 0 Å². The van der Waals surface area contributed by atoms with E-state index >= 15 is 0 Å². The number of pyridine rings is 2. The second-order valence-corrected chi connectivity index (χ2v) is 7.73. The first-order chi connectivity index (χ1) is 15.5. The predicted molar refractivity (Wildman–Crippen MR) is 119 cm³/mol. The molecule has 0 aliphatic carbocycles. The molecule has 32 heavy (non-hydrogen) atoms. The van der Waals surface area contributed by atoms with Gasteiger partial charge in [-0.3, -0.25) is 14.8 Å². The number of phenolic OH excluding ortho intramolecular Hbond substituents is 1. The van der Waals surface area contributed by atoms with Gasteiger partial charge in [0.2, 0.25) is 0 Å². The second kappa shape index (κ2) is 9.44. The number of benzene rings is 1. The minimum absolute atomic E-state index is 0.0524. The van der Waals surface area contributed by atoms with Gasteiger partial charge in [0.25, 0.3) is 5.91 Å². The molecule has 0 radical (unpaired) electrons. The summed E-state index contributed by atoms with van der Waals surface area (Å²) < 4.78 is 14.6. The Balaban J connectivity index is 1.61. The summed E-state index contributed by atoms with van der Waals surface area (Å²) in [5.74, 6) is -1.53. The average Bonchev–Trinajstić information content (AvgIpc) is 3.30. The lowest BCUT2D eigenvalue weighted by molar-refractivity contribution is 0.0932. The standard InChI is InChI=1S/C23H18FN5O2S/c24-15-6-3-8-20(30)21(15)18(11-16(25)14-5-4-9-26-12-14)28-22(31)19-13-32-23(29-19)17-7-1-2-10-27-17/h1-10,12-13,18,25,30H,11H2,(H,28,31). The molecular formula is C23H18FN5O2S. The van der Waals surface area contributed by atoms with Crippen molar-refractivity contribution in [3.63, 3.8) is 0 Å². The van der Waals surface area contributed by atoms with Crippen molar-refractivity contribution in [2.75, 3.05) is 0 Å². The van der Waals surface area contributed by atoms with Crippen LogP contribution in [0.1, 0.15) is 34.1 Å². The zero-order chi connectivity index (χ0) is 22.5. The Morgan fingerprint density at radius 3 is 2.75 bits per heavy atom. The number of amides is 1. The van der Waals surface area contributed by atoms with E-state index in [9.17, 15) is 14.3 Å². The fraction of sp³-hybridized carbons (Fsp3) is 0.0870. The molecular weight excluding hydrogens is 429 g/mol. The molecule has 1 aromatic carbocycles. The van der Waals surface area contributed by atoms with E-state index in [1.165, 1.54) is 35.7 Å². The number of aromatic nitrogens is 3. The highest BCUT2D eigenvalue weighted by Gasteiger charge is 2.25. The molecule has 3 aromatic heterocycles. The largest absolute Gasteiger partial charge is 0.507 e. The summed E-state index contributed by atoms with van der Waals surface area (Å²) in [6.45, 7) is 0. The summed E-state index contributed by atoms with van der Waals surface area (Å²) in [6.07, 6.45) is 4.68. The lowest BCUT2D eigenvalue weighted by atomic mass is 9.96. The van der Waals surface area contributed by atoms with Crippen LogP contribution in [0.4, 0.5) is 4.39 Å². The number of aromatic hydroxyl groups is 1. The number of carbonyl (C=O) groups excluding carboxylic acids is 1. The van der Waals surface area contributed by atoms with Gasteiger partial charge < -0.3 is 15.8 Å². The van der Waals surface area contributed by atoms with Gasteiger partial charge in [0.15, 0.2) is 0 Å². The van der Waals surface area contributed by atoms with Gasteiger partial charge >= 0.3 is 0 Å². The van der Waals surface area contributed by atoms with E-state index in [0.717, 1.165) is 0 Å². The number of halogens is 1. The Morgan fingerprint density at radius 1 is 1.16 bits per heavy atom. The maximum atomic E-state index is 14.6. The van der Waals surface area contributed by atoms with Crippen LogP contribution in [0.25, 0.3) is 10.7 Å². The summed E-state index contributed by atoms with van der Waals surface area (Å²) in [4.78, 5) is 25.5. The molecule has 0 saturated carbocycles. The molecule has 4 rings (SSSR count). The van der Waals surface area contributed by atoms with Crippen molar-refractivity contribution in [3.05, 3.63) is 95.1 Å². The molecule has 1 atom stereocenters. The molecule has 0 bridgehead atoms. The summed E-state index contributed by atoms with van der Waals surface area (Å²) in [7, 11) is 0. The summed E-state index contributed by atoms with van der Waals surface area (Å²) >= 11 is 1.26. The van der Waals surface area contributed by atoms with Crippen molar-refractivity contribution in [2.45, 2.75) is 12.5 Å². The van der Waals surface area contributed by atoms with Crippen LogP contribution in [0.2, 0.25) is 0 Å². The van der Waals surface area contributed by atoms with Crippen LogP contribution in [0.3, 0.4) is 0 Å². The Labute approximate surface area is 187 Å². The minimum Gasteiger partial charge on any atom is -0.507 e. The van der Waals surface area contributed by atoms with Crippen LogP contribution >= 0.6 is 11.3 Å². The molecule has 0 spiro atoms. The van der Waals surface area contributed by atoms with E-state index in [1.54, 1.807) is 42.0 Å². The van der Waals surface area contributed by atoms with Crippen LogP contribution in [-0.4, -0.2) is 31.7 Å². The van der Waals surface area contributed by atoms with E-state index in [1.807, 2.05) is 6.07 Å². The maximum absolute atomic E-state index is 14.6. The molecule has 3 N–H and O–H groups in total. The number of hydrogen-bond donors (Lipinski definition) is 3. The molecule has 4 aromatic rings. The molecule has 160 valence electrons. The normalized spacial score (nSPS) is 11.7. The van der Waals surface area contributed by atoms with Crippen molar-refractivity contribution < 1.29 is 14.3 Å². The Kier molecular flexibility index (Phi) is 6.27. The quantitative estimate of drug-likeness (QED) is 0.364. The first kappa shape index (κ1) is 21.3. The molecule has 1 amide bonds. The van der Waals surface area contributed by atoms with Crippen molar-refractivity contribution in [1.82, 2.24) is 20.3 Å². The van der Waals surface area contributed by atoms with E-state index in [2.05, 4.69) is 20.3 Å². The van der Waals surface area contributed by atoms with E-state index < -0.39 is 17.8 Å². The van der Waals surface area contributed by atoms with E-state index in [4.69, 9.17) is 5.41 Å². The Bertz CT molecular complexity index is 1230. The van der Waals surface area contributed by atoms with Gasteiger partial charge in [0, 0.05) is 41.7 Å². The van der Waals surface area contributed by atoms with Gasteiger partial charge in [-0.1, -0.05) is 18.2 Å². The number of carbonyl (C=O) groups is 1. The Morgan fingerprint density at radius 2 is 2.03 bits per heavy atom. The van der Waals surface area contributed by atoms with Gasteiger partial charge in [-0.15, -0.1) is 11.3 Å². The minimum atomic E-state index is -0.989. The third-order valence-electron chi connectivity index (χ3n) is 4.72. The number of hydrogen-bond acceptors (Lipinski definition) is 7. The smallest absolute Gasteiger partial charge is 0.271 e. The molecule has 7 nitrogen and oxygen atoms in total. The molecule has 3 heterocycles. The highest BCUT2D eigenvalue weighted by Crippen LogP contribution is 2.31. The van der Waals surface area contributed by atoms with E-state index in [-0.39, 0.29) is 29.1 Å². The molecule has 0 aliphatic heterocycles. The van der Waals surface area contributed by atoms with Crippen LogP contribution in [0, 0.1) is 11.2 Å². The van der Waals surface area contributed by atoms with Gasteiger partial charge in [0.05, 0.1) is 17.3 Å². The number of phenols is 1. The van der Waals surface area contributed by atoms with Crippen molar-refractivity contribution in [2.24, 2.45) is 0 Å². The van der Waals surface area contributed by atoms with Gasteiger partial charge in [-0.05, 0) is 30.3 Å². The zero-order valence-corrected chi connectivity index (χ0v) is 17.5. The molecule has 1 unspecified atom stereocenters. The van der Waals surface area contributed by atoms with Gasteiger partial charge in [-0.25, -0.2) is 9.37 Å². The lowest BCUT2D eigenvalue weighted by Gasteiger charge is -2.21. The maximum Gasteiger partial charge on any atom is 0.271 e. The summed E-state index contributed by atoms with van der Waals surface area (Å²) in [5.41, 5.74) is 1.37. The van der Waals surface area contributed by atoms with Crippen molar-refractivity contribution >= 4 is 23.0 Å². The average molecular weight is 447 g/mol. The molecule has 0 aliphatic rings. The van der Waals surface area contributed by atoms with Crippen LogP contribution in [0.15, 0.2) is 72.5 Å². The van der Waals surface area contributed by atoms with Crippen LogP contribution < -0.4 is 5.32 Å². The van der Waals surface area contributed by atoms with Gasteiger partial charge in [0.1, 0.15) is 22.3 Å². The first-order valence-corrected chi connectivity index (χ1v) is 10.5. The molecule has 9 heteroatoms. The van der Waals surface area contributed by atoms with Gasteiger partial charge in [-0.2, -0.15) is 0 Å². The number of rotatable bonds is 7. The molecule has 0 saturated heterocycles. The van der Waals surface area contributed by atoms with Crippen molar-refractivity contribution in [3.8, 4) is 16.5 Å². The lowest BCUT2D eigenvalue weighted by Crippen LogP contribution is -2.31. The zero-order valence-electron chi connectivity index (χ0n) is 16.7. The number of thiazole rings is 1. The third-order valence-corrected chi connectivity index (χ3v) is 5.59. The van der Waals surface area contributed by atoms with Crippen LogP contribution in [0.5, 0.6) is 5.75 Å². The second-order valence-electron chi connectivity index (χ2n) is 6.88. The first-order valence-electron chi connectivity index (χ1n) is 9.66. The highest BCUT2D eigenvalue weighted by molar-refractivity contribution is 7.13. The number of nitrogens with zero attached hydrogens (tertiary/aromatic N) is 3. The van der Waals surface area contributed by atoms with E-state index in [0.29, 0.717) is 16.3 Å². The highest BCUT2D eigenvalue weighted by atomic mass is 32.1. The fourth-order valence-electron chi connectivity index (χ4n) is 3.18. The monoisotopic (exact) mass is 447 g/mol. The SMILES string of the molecule is N=C(CC(NC(=O)c1csc(-c2ccccn2)n1)c1c(O)cccc1F)c1cccnc1.